The van der Waals surface area contributed by atoms with Gasteiger partial charge in [0.1, 0.15) is 5.52 Å². The highest BCUT2D eigenvalue weighted by Crippen LogP contribution is 2.22. The van der Waals surface area contributed by atoms with Gasteiger partial charge in [0.2, 0.25) is 0 Å². The van der Waals surface area contributed by atoms with E-state index < -0.39 is 0 Å². The number of rotatable bonds is 1. The zero-order valence-corrected chi connectivity index (χ0v) is 7.43. The van der Waals surface area contributed by atoms with Crippen molar-refractivity contribution in [3.63, 3.8) is 0 Å². The molecule has 0 atom stereocenters. The zero-order chi connectivity index (χ0) is 8.55. The van der Waals surface area contributed by atoms with Crippen LogP contribution in [0, 0.1) is 0 Å². The fourth-order valence-corrected chi connectivity index (χ4v) is 1.43. The lowest BCUT2D eigenvalue weighted by Gasteiger charge is -1.93. The average molecular weight is 182 g/mol. The Bertz CT molecular complexity index is 408. The first-order chi connectivity index (χ1) is 5.81. The topological polar surface area (TPSA) is 26.0 Å². The van der Waals surface area contributed by atoms with Crippen molar-refractivity contribution in [3.8, 4) is 0 Å². The van der Waals surface area contributed by atoms with Gasteiger partial charge >= 0.3 is 0 Å². The van der Waals surface area contributed by atoms with Gasteiger partial charge in [0, 0.05) is 0 Å². The van der Waals surface area contributed by atoms with E-state index in [0.29, 0.717) is 0 Å². The maximum absolute atomic E-state index is 5.63. The summed E-state index contributed by atoms with van der Waals surface area (Å²) in [6, 6.07) is 5.87. The third-order valence-corrected chi connectivity index (χ3v) is 2.01. The van der Waals surface area contributed by atoms with Crippen molar-refractivity contribution >= 4 is 22.7 Å². The molecule has 0 N–H and O–H groups in total. The smallest absolute Gasteiger partial charge is 0.293 e. The summed E-state index contributed by atoms with van der Waals surface area (Å²) in [6.07, 6.45) is 0.933. The Morgan fingerprint density at radius 2 is 2.33 bits per heavy atom. The second kappa shape index (κ2) is 2.79. The molecule has 3 heteroatoms. The van der Waals surface area contributed by atoms with Crippen molar-refractivity contribution < 1.29 is 4.42 Å². The van der Waals surface area contributed by atoms with E-state index in [4.69, 9.17) is 16.0 Å². The fraction of sp³-hybridized carbons (Fsp3) is 0.222. The SMILES string of the molecule is CCc1cccc2nc(Cl)oc12. The monoisotopic (exact) mass is 181 g/mol. The molecule has 0 unspecified atom stereocenters. The number of halogens is 1. The van der Waals surface area contributed by atoms with Crippen LogP contribution in [0.25, 0.3) is 11.1 Å². The largest absolute Gasteiger partial charge is 0.427 e. The average Bonchev–Trinajstić information content (AvgIpc) is 2.44. The van der Waals surface area contributed by atoms with E-state index in [1.807, 2.05) is 18.2 Å². The van der Waals surface area contributed by atoms with Crippen molar-refractivity contribution in [2.45, 2.75) is 13.3 Å². The molecule has 1 heterocycles. The molecule has 2 rings (SSSR count). The zero-order valence-electron chi connectivity index (χ0n) is 6.67. The van der Waals surface area contributed by atoms with E-state index in [1.165, 1.54) is 0 Å². The summed E-state index contributed by atoms with van der Waals surface area (Å²) in [5.74, 6) is 0. The fourth-order valence-electron chi connectivity index (χ4n) is 1.26. The number of fused-ring (bicyclic) bond motifs is 1. The van der Waals surface area contributed by atoms with E-state index in [9.17, 15) is 0 Å². The molecule has 1 aromatic heterocycles. The van der Waals surface area contributed by atoms with Crippen molar-refractivity contribution in [3.05, 3.63) is 29.1 Å². The molecule has 0 spiro atoms. The van der Waals surface area contributed by atoms with Gasteiger partial charge in [0.05, 0.1) is 0 Å². The van der Waals surface area contributed by atoms with Gasteiger partial charge < -0.3 is 4.42 Å². The second-order valence-corrected chi connectivity index (χ2v) is 2.91. The quantitative estimate of drug-likeness (QED) is 0.676. The number of benzene rings is 1. The summed E-state index contributed by atoms with van der Waals surface area (Å²) in [5.41, 5.74) is 2.79. The van der Waals surface area contributed by atoms with Crippen LogP contribution in [0.5, 0.6) is 0 Å². The maximum atomic E-state index is 5.63. The van der Waals surface area contributed by atoms with Gasteiger partial charge in [-0.25, -0.2) is 0 Å². The number of para-hydroxylation sites is 1. The van der Waals surface area contributed by atoms with Crippen LogP contribution < -0.4 is 0 Å². The van der Waals surface area contributed by atoms with Crippen LogP contribution in [-0.2, 0) is 6.42 Å². The molecule has 12 heavy (non-hydrogen) atoms. The Kier molecular flexibility index (Phi) is 1.77. The minimum atomic E-state index is 0.214. The summed E-state index contributed by atoms with van der Waals surface area (Å²) in [6.45, 7) is 2.07. The lowest BCUT2D eigenvalue weighted by molar-refractivity contribution is 0.600. The molecule has 62 valence electrons. The van der Waals surface area contributed by atoms with Crippen LogP contribution in [0.4, 0.5) is 0 Å². The number of hydrogen-bond donors (Lipinski definition) is 0. The Morgan fingerprint density at radius 3 is 3.08 bits per heavy atom. The molecular formula is C9H8ClNO. The molecule has 0 amide bonds. The minimum absolute atomic E-state index is 0.214. The van der Waals surface area contributed by atoms with Crippen LogP contribution in [0.3, 0.4) is 0 Å². The Hall–Kier alpha value is -1.02. The molecule has 0 bridgehead atoms. The molecule has 0 fully saturated rings. The molecule has 0 saturated heterocycles. The number of nitrogens with zero attached hydrogens (tertiary/aromatic N) is 1. The van der Waals surface area contributed by atoms with E-state index in [2.05, 4.69) is 11.9 Å². The lowest BCUT2D eigenvalue weighted by Crippen LogP contribution is -1.79. The minimum Gasteiger partial charge on any atom is -0.427 e. The Morgan fingerprint density at radius 1 is 1.50 bits per heavy atom. The van der Waals surface area contributed by atoms with Crippen LogP contribution in [0.1, 0.15) is 12.5 Å². The highest BCUT2D eigenvalue weighted by atomic mass is 35.5. The van der Waals surface area contributed by atoms with Crippen molar-refractivity contribution in [2.75, 3.05) is 0 Å². The third kappa shape index (κ3) is 1.08. The number of aryl methyl sites for hydroxylation is 1. The summed E-state index contributed by atoms with van der Waals surface area (Å²) >= 11 is 5.63. The number of hydrogen-bond acceptors (Lipinski definition) is 2. The summed E-state index contributed by atoms with van der Waals surface area (Å²) in [7, 11) is 0. The summed E-state index contributed by atoms with van der Waals surface area (Å²) in [4.78, 5) is 4.02. The molecule has 0 aliphatic heterocycles. The van der Waals surface area contributed by atoms with E-state index >= 15 is 0 Å². The third-order valence-electron chi connectivity index (χ3n) is 1.85. The molecule has 0 aliphatic rings. The Balaban J connectivity index is 2.78. The summed E-state index contributed by atoms with van der Waals surface area (Å²) in [5, 5.41) is 0.214. The Labute approximate surface area is 75.2 Å². The van der Waals surface area contributed by atoms with E-state index in [0.717, 1.165) is 23.1 Å². The van der Waals surface area contributed by atoms with Gasteiger partial charge in [-0.2, -0.15) is 4.98 Å². The molecule has 2 nitrogen and oxygen atoms in total. The van der Waals surface area contributed by atoms with Crippen LogP contribution >= 0.6 is 11.6 Å². The van der Waals surface area contributed by atoms with Crippen molar-refractivity contribution in [2.24, 2.45) is 0 Å². The molecular weight excluding hydrogens is 174 g/mol. The highest BCUT2D eigenvalue weighted by molar-refractivity contribution is 6.28. The molecule has 0 saturated carbocycles. The highest BCUT2D eigenvalue weighted by Gasteiger charge is 2.05. The number of oxazole rings is 1. The number of aromatic nitrogens is 1. The van der Waals surface area contributed by atoms with Gasteiger partial charge in [-0.05, 0) is 29.7 Å². The van der Waals surface area contributed by atoms with Crippen molar-refractivity contribution in [1.82, 2.24) is 4.98 Å². The first-order valence-corrected chi connectivity index (χ1v) is 4.23. The van der Waals surface area contributed by atoms with Crippen LogP contribution in [-0.4, -0.2) is 4.98 Å². The van der Waals surface area contributed by atoms with E-state index in [1.54, 1.807) is 0 Å². The van der Waals surface area contributed by atoms with Gasteiger partial charge in [-0.3, -0.25) is 0 Å². The molecule has 2 aromatic rings. The van der Waals surface area contributed by atoms with E-state index in [-0.39, 0.29) is 5.35 Å². The summed E-state index contributed by atoms with van der Waals surface area (Å²) < 4.78 is 5.24. The first kappa shape index (κ1) is 7.62. The van der Waals surface area contributed by atoms with Gasteiger partial charge in [0.25, 0.3) is 5.35 Å². The van der Waals surface area contributed by atoms with Crippen molar-refractivity contribution in [1.29, 1.82) is 0 Å². The normalized spacial score (nSPS) is 10.8. The molecule has 1 aromatic carbocycles. The van der Waals surface area contributed by atoms with Gasteiger partial charge in [0.15, 0.2) is 5.58 Å². The van der Waals surface area contributed by atoms with Crippen LogP contribution in [0.15, 0.2) is 22.6 Å². The predicted molar refractivity (Wildman–Crippen MR) is 48.4 cm³/mol. The van der Waals surface area contributed by atoms with Crippen LogP contribution in [0.2, 0.25) is 5.35 Å². The first-order valence-electron chi connectivity index (χ1n) is 3.85. The molecule has 0 radical (unpaired) electrons. The molecule has 0 aliphatic carbocycles. The standard InChI is InChI=1S/C9H8ClNO/c1-2-6-4-3-5-7-8(6)12-9(10)11-7/h3-5H,2H2,1H3. The lowest BCUT2D eigenvalue weighted by atomic mass is 10.1. The van der Waals surface area contributed by atoms with Gasteiger partial charge in [-0.1, -0.05) is 19.1 Å². The maximum Gasteiger partial charge on any atom is 0.293 e. The predicted octanol–water partition coefficient (Wildman–Crippen LogP) is 3.04. The second-order valence-electron chi connectivity index (χ2n) is 2.59. The van der Waals surface area contributed by atoms with Gasteiger partial charge in [-0.15, -0.1) is 0 Å².